The van der Waals surface area contributed by atoms with Crippen LogP contribution in [0.4, 0.5) is 0 Å². The first-order chi connectivity index (χ1) is 11.4. The zero-order valence-electron chi connectivity index (χ0n) is 14.8. The molecule has 0 unspecified atom stereocenters. The van der Waals surface area contributed by atoms with Gasteiger partial charge in [0.1, 0.15) is 5.76 Å². The zero-order chi connectivity index (χ0) is 16.2. The topological polar surface area (TPSA) is 58.8 Å². The third-order valence-corrected chi connectivity index (χ3v) is 4.29. The Labute approximate surface area is 163 Å². The van der Waals surface area contributed by atoms with Crippen LogP contribution < -0.4 is 10.6 Å². The predicted octanol–water partition coefficient (Wildman–Crippen LogP) is 3.59. The van der Waals surface area contributed by atoms with Gasteiger partial charge in [-0.15, -0.1) is 24.0 Å². The lowest BCUT2D eigenvalue weighted by molar-refractivity contribution is 0.195. The lowest BCUT2D eigenvalue weighted by Crippen LogP contribution is -2.39. The summed E-state index contributed by atoms with van der Waals surface area (Å²) in [7, 11) is 1.74. The Hall–Kier alpha value is -0.760. The molecule has 2 rings (SSSR count). The van der Waals surface area contributed by atoms with E-state index in [-0.39, 0.29) is 24.0 Å². The summed E-state index contributed by atoms with van der Waals surface area (Å²) >= 11 is 0. The van der Waals surface area contributed by atoms with Gasteiger partial charge in [-0.25, -0.2) is 0 Å². The average molecular weight is 449 g/mol. The first-order valence-electron chi connectivity index (χ1n) is 8.92. The highest BCUT2D eigenvalue weighted by Gasteiger charge is 2.13. The molecule has 2 N–H and O–H groups in total. The van der Waals surface area contributed by atoms with Gasteiger partial charge in [-0.05, 0) is 37.3 Å². The zero-order valence-corrected chi connectivity index (χ0v) is 17.1. The summed E-state index contributed by atoms with van der Waals surface area (Å²) in [5.41, 5.74) is 0. The molecule has 1 heterocycles. The van der Waals surface area contributed by atoms with E-state index in [0.29, 0.717) is 0 Å². The van der Waals surface area contributed by atoms with Crippen molar-refractivity contribution in [2.75, 3.05) is 33.4 Å². The predicted molar refractivity (Wildman–Crippen MR) is 109 cm³/mol. The SMILES string of the molecule is COCCCNC(=NCC1CCCCC1)NCCc1ccco1.I. The summed E-state index contributed by atoms with van der Waals surface area (Å²) < 4.78 is 10.5. The monoisotopic (exact) mass is 449 g/mol. The summed E-state index contributed by atoms with van der Waals surface area (Å²) in [6.07, 6.45) is 10.3. The average Bonchev–Trinajstić information content (AvgIpc) is 3.10. The van der Waals surface area contributed by atoms with Gasteiger partial charge in [0, 0.05) is 39.8 Å². The molecule has 0 spiro atoms. The molecule has 1 fully saturated rings. The molecule has 0 saturated heterocycles. The van der Waals surface area contributed by atoms with Crippen molar-refractivity contribution in [1.29, 1.82) is 0 Å². The number of guanidine groups is 1. The first-order valence-corrected chi connectivity index (χ1v) is 8.92. The van der Waals surface area contributed by atoms with E-state index in [4.69, 9.17) is 14.1 Å². The van der Waals surface area contributed by atoms with E-state index < -0.39 is 0 Å². The number of halogens is 1. The molecule has 5 nitrogen and oxygen atoms in total. The number of ether oxygens (including phenoxy) is 1. The standard InChI is InChI=1S/C18H31N3O2.HI/c1-22-13-6-11-19-18(20-12-10-17-9-5-14-23-17)21-15-16-7-3-2-4-8-16;/h5,9,14,16H,2-4,6-8,10-13,15H2,1H3,(H2,19,20,21);1H. The Kier molecular flexibility index (Phi) is 12.0. The first kappa shape index (κ1) is 21.3. The maximum atomic E-state index is 5.37. The van der Waals surface area contributed by atoms with E-state index >= 15 is 0 Å². The van der Waals surface area contributed by atoms with E-state index in [1.54, 1.807) is 13.4 Å². The van der Waals surface area contributed by atoms with Gasteiger partial charge in [0.15, 0.2) is 5.96 Å². The fourth-order valence-electron chi connectivity index (χ4n) is 2.95. The minimum atomic E-state index is 0. The van der Waals surface area contributed by atoms with Gasteiger partial charge >= 0.3 is 0 Å². The maximum absolute atomic E-state index is 5.37. The Morgan fingerprint density at radius 3 is 2.75 bits per heavy atom. The molecule has 0 bridgehead atoms. The molecule has 138 valence electrons. The van der Waals surface area contributed by atoms with E-state index in [1.165, 1.54) is 32.1 Å². The number of nitrogens with one attached hydrogen (secondary N) is 2. The van der Waals surface area contributed by atoms with Crippen LogP contribution in [0.3, 0.4) is 0 Å². The molecular weight excluding hydrogens is 417 g/mol. The van der Waals surface area contributed by atoms with Crippen LogP contribution in [0.25, 0.3) is 0 Å². The smallest absolute Gasteiger partial charge is 0.191 e. The molecule has 0 radical (unpaired) electrons. The normalized spacial score (nSPS) is 15.8. The Balaban J connectivity index is 0.00000288. The molecule has 1 aliphatic carbocycles. The number of hydrogen-bond donors (Lipinski definition) is 2. The lowest BCUT2D eigenvalue weighted by atomic mass is 9.89. The second kappa shape index (κ2) is 13.5. The second-order valence-corrected chi connectivity index (χ2v) is 6.22. The van der Waals surface area contributed by atoms with Crippen molar-refractivity contribution < 1.29 is 9.15 Å². The van der Waals surface area contributed by atoms with Crippen molar-refractivity contribution in [2.45, 2.75) is 44.9 Å². The second-order valence-electron chi connectivity index (χ2n) is 6.22. The molecule has 24 heavy (non-hydrogen) atoms. The fourth-order valence-corrected chi connectivity index (χ4v) is 2.95. The summed E-state index contributed by atoms with van der Waals surface area (Å²) in [5, 5.41) is 6.82. The number of hydrogen-bond acceptors (Lipinski definition) is 3. The van der Waals surface area contributed by atoms with Crippen molar-refractivity contribution in [3.63, 3.8) is 0 Å². The van der Waals surface area contributed by atoms with Gasteiger partial charge < -0.3 is 19.8 Å². The molecule has 0 atom stereocenters. The summed E-state index contributed by atoms with van der Waals surface area (Å²) in [4.78, 5) is 4.79. The molecule has 1 aliphatic rings. The highest BCUT2D eigenvalue weighted by atomic mass is 127. The number of rotatable bonds is 9. The van der Waals surface area contributed by atoms with Crippen molar-refractivity contribution in [1.82, 2.24) is 10.6 Å². The van der Waals surface area contributed by atoms with E-state index in [0.717, 1.165) is 56.7 Å². The van der Waals surface area contributed by atoms with Gasteiger partial charge in [0.05, 0.1) is 6.26 Å². The molecule has 0 aromatic carbocycles. The Morgan fingerprint density at radius 1 is 1.25 bits per heavy atom. The lowest BCUT2D eigenvalue weighted by Gasteiger charge is -2.20. The van der Waals surface area contributed by atoms with Gasteiger partial charge in [0.2, 0.25) is 0 Å². The summed E-state index contributed by atoms with van der Waals surface area (Å²) in [6, 6.07) is 3.93. The maximum Gasteiger partial charge on any atom is 0.191 e. The summed E-state index contributed by atoms with van der Waals surface area (Å²) in [6.45, 7) is 3.41. The van der Waals surface area contributed by atoms with Crippen LogP contribution in [-0.2, 0) is 11.2 Å². The number of furan rings is 1. The van der Waals surface area contributed by atoms with Crippen LogP contribution in [-0.4, -0.2) is 39.3 Å². The van der Waals surface area contributed by atoms with Gasteiger partial charge in [-0.3, -0.25) is 4.99 Å². The van der Waals surface area contributed by atoms with Crippen LogP contribution in [0.15, 0.2) is 27.8 Å². The van der Waals surface area contributed by atoms with Gasteiger partial charge in [0.25, 0.3) is 0 Å². The molecular formula is C18H32IN3O2. The summed E-state index contributed by atoms with van der Waals surface area (Å²) in [5.74, 6) is 2.67. The molecule has 1 saturated carbocycles. The van der Waals surface area contributed by atoms with Crippen LogP contribution in [0.5, 0.6) is 0 Å². The van der Waals surface area contributed by atoms with Crippen LogP contribution >= 0.6 is 24.0 Å². The third kappa shape index (κ3) is 8.92. The van der Waals surface area contributed by atoms with Gasteiger partial charge in [-0.2, -0.15) is 0 Å². The molecule has 0 amide bonds. The van der Waals surface area contributed by atoms with E-state index in [9.17, 15) is 0 Å². The number of nitrogens with zero attached hydrogens (tertiary/aromatic N) is 1. The quantitative estimate of drug-likeness (QED) is 0.262. The molecule has 1 aromatic heterocycles. The minimum absolute atomic E-state index is 0. The van der Waals surface area contributed by atoms with E-state index in [1.807, 2.05) is 12.1 Å². The molecule has 1 aromatic rings. The fraction of sp³-hybridized carbons (Fsp3) is 0.722. The van der Waals surface area contributed by atoms with Crippen molar-refractivity contribution in [2.24, 2.45) is 10.9 Å². The number of methoxy groups -OCH3 is 1. The molecule has 0 aliphatic heterocycles. The van der Waals surface area contributed by atoms with Crippen LogP contribution in [0.2, 0.25) is 0 Å². The molecule has 6 heteroatoms. The Bertz CT molecular complexity index is 431. The van der Waals surface area contributed by atoms with Crippen molar-refractivity contribution in [3.8, 4) is 0 Å². The van der Waals surface area contributed by atoms with Crippen LogP contribution in [0.1, 0.15) is 44.3 Å². The highest BCUT2D eigenvalue weighted by Crippen LogP contribution is 2.23. The van der Waals surface area contributed by atoms with E-state index in [2.05, 4.69) is 10.6 Å². The largest absolute Gasteiger partial charge is 0.469 e. The highest BCUT2D eigenvalue weighted by molar-refractivity contribution is 14.0. The third-order valence-electron chi connectivity index (χ3n) is 4.29. The minimum Gasteiger partial charge on any atom is -0.469 e. The van der Waals surface area contributed by atoms with Crippen molar-refractivity contribution >= 4 is 29.9 Å². The van der Waals surface area contributed by atoms with Crippen LogP contribution in [0, 0.1) is 5.92 Å². The Morgan fingerprint density at radius 2 is 2.04 bits per heavy atom. The number of aliphatic imine (C=N–C) groups is 1. The van der Waals surface area contributed by atoms with Crippen molar-refractivity contribution in [3.05, 3.63) is 24.2 Å². The van der Waals surface area contributed by atoms with Gasteiger partial charge in [-0.1, -0.05) is 19.3 Å².